The predicted octanol–water partition coefficient (Wildman–Crippen LogP) is 2.84. The molecule has 1 fully saturated rings. The zero-order valence-electron chi connectivity index (χ0n) is 12.2. The number of hydrogen-bond donors (Lipinski definition) is 1. The van der Waals surface area contributed by atoms with Gasteiger partial charge in [-0.25, -0.2) is 12.8 Å². The number of nitrogens with one attached hydrogen (secondary N) is 1. The molecule has 7 heteroatoms. The summed E-state index contributed by atoms with van der Waals surface area (Å²) in [5, 5.41) is 0. The molecule has 1 unspecified atom stereocenters. The van der Waals surface area contributed by atoms with Gasteiger partial charge in [0.1, 0.15) is 22.2 Å². The number of anilines is 1. The van der Waals surface area contributed by atoms with Crippen LogP contribution in [0.15, 0.2) is 47.4 Å². The summed E-state index contributed by atoms with van der Waals surface area (Å²) in [5.41, 5.74) is 0.692. The number of benzene rings is 2. The van der Waals surface area contributed by atoms with Crippen molar-refractivity contribution >= 4 is 15.7 Å². The molecule has 0 saturated carbocycles. The maximum Gasteiger partial charge on any atom is 0.244 e. The van der Waals surface area contributed by atoms with E-state index in [4.69, 9.17) is 4.74 Å². The third-order valence-corrected chi connectivity index (χ3v) is 5.59. The smallest absolute Gasteiger partial charge is 0.244 e. The summed E-state index contributed by atoms with van der Waals surface area (Å²) >= 11 is 0. The lowest BCUT2D eigenvalue weighted by Crippen LogP contribution is -2.48. The molecule has 0 aromatic heterocycles. The molecule has 0 bridgehead atoms. The molecule has 1 saturated heterocycles. The van der Waals surface area contributed by atoms with Crippen molar-refractivity contribution in [3.05, 3.63) is 48.3 Å². The molecule has 2 aliphatic heterocycles. The molecule has 0 amide bonds. The van der Waals surface area contributed by atoms with Crippen LogP contribution in [-0.4, -0.2) is 21.1 Å². The number of fused-ring (bicyclic) bond motifs is 3. The zero-order valence-corrected chi connectivity index (χ0v) is 13.0. The summed E-state index contributed by atoms with van der Waals surface area (Å²) in [6.45, 7) is 0.824. The predicted molar refractivity (Wildman–Crippen MR) is 83.6 cm³/mol. The molecule has 0 spiro atoms. The van der Waals surface area contributed by atoms with E-state index in [0.29, 0.717) is 17.2 Å². The van der Waals surface area contributed by atoms with Gasteiger partial charge in [0, 0.05) is 18.7 Å². The lowest BCUT2D eigenvalue weighted by Gasteiger charge is -2.33. The Morgan fingerprint density at radius 3 is 2.83 bits per heavy atom. The highest BCUT2D eigenvalue weighted by atomic mass is 32.2. The molecule has 2 aliphatic rings. The van der Waals surface area contributed by atoms with Crippen molar-refractivity contribution in [1.29, 1.82) is 0 Å². The molecule has 1 N–H and O–H groups in total. The van der Waals surface area contributed by atoms with Gasteiger partial charge in [0.2, 0.25) is 10.0 Å². The fraction of sp³-hybridized carbons (Fsp3) is 0.250. The first-order valence-corrected chi connectivity index (χ1v) is 8.88. The third kappa shape index (κ3) is 2.55. The summed E-state index contributed by atoms with van der Waals surface area (Å²) in [7, 11) is -3.56. The third-order valence-electron chi connectivity index (χ3n) is 4.11. The maximum atomic E-state index is 13.2. The summed E-state index contributed by atoms with van der Waals surface area (Å²) in [6, 6.07) is 10.7. The normalized spacial score (nSPS) is 21.6. The minimum Gasteiger partial charge on any atom is -0.457 e. The van der Waals surface area contributed by atoms with E-state index in [0.717, 1.165) is 19.4 Å². The van der Waals surface area contributed by atoms with Gasteiger partial charge in [0.05, 0.1) is 11.9 Å². The molecule has 1 atom stereocenters. The van der Waals surface area contributed by atoms with Crippen LogP contribution in [0.5, 0.6) is 11.5 Å². The Balaban J connectivity index is 1.73. The summed E-state index contributed by atoms with van der Waals surface area (Å²) in [5.74, 6) is 0.275. The van der Waals surface area contributed by atoms with Crippen molar-refractivity contribution in [1.82, 2.24) is 4.72 Å². The minimum atomic E-state index is -3.56. The molecule has 4 rings (SSSR count). The van der Waals surface area contributed by atoms with Gasteiger partial charge in [0.25, 0.3) is 0 Å². The van der Waals surface area contributed by atoms with Crippen LogP contribution in [0.2, 0.25) is 0 Å². The fourth-order valence-electron chi connectivity index (χ4n) is 3.10. The Bertz CT molecular complexity index is 869. The second-order valence-electron chi connectivity index (χ2n) is 5.66. The molecule has 2 heterocycles. The molecule has 120 valence electrons. The highest BCUT2D eigenvalue weighted by Gasteiger charge is 2.37. The van der Waals surface area contributed by atoms with Gasteiger partial charge in [-0.2, -0.15) is 4.72 Å². The van der Waals surface area contributed by atoms with Crippen molar-refractivity contribution in [3.63, 3.8) is 0 Å². The van der Waals surface area contributed by atoms with Crippen LogP contribution < -0.4 is 14.4 Å². The summed E-state index contributed by atoms with van der Waals surface area (Å²) in [6.07, 6.45) is 1.59. The van der Waals surface area contributed by atoms with E-state index >= 15 is 0 Å². The van der Waals surface area contributed by atoms with Gasteiger partial charge >= 0.3 is 0 Å². The molecule has 0 aliphatic carbocycles. The van der Waals surface area contributed by atoms with E-state index in [1.165, 1.54) is 24.3 Å². The largest absolute Gasteiger partial charge is 0.457 e. The number of halogens is 1. The van der Waals surface area contributed by atoms with E-state index in [9.17, 15) is 12.8 Å². The van der Waals surface area contributed by atoms with Gasteiger partial charge in [-0.05, 0) is 37.1 Å². The van der Waals surface area contributed by atoms with Crippen molar-refractivity contribution in [2.45, 2.75) is 23.9 Å². The maximum absolute atomic E-state index is 13.2. The molecule has 5 nitrogen and oxygen atoms in total. The van der Waals surface area contributed by atoms with Crippen LogP contribution >= 0.6 is 0 Å². The minimum absolute atomic E-state index is 0.164. The van der Waals surface area contributed by atoms with E-state index in [1.807, 2.05) is 0 Å². The number of rotatable bonds is 2. The first-order chi connectivity index (χ1) is 11.0. The van der Waals surface area contributed by atoms with Gasteiger partial charge in [-0.3, -0.25) is 0 Å². The topological polar surface area (TPSA) is 58.6 Å². The molecule has 2 aromatic rings. The molecule has 23 heavy (non-hydrogen) atoms. The van der Waals surface area contributed by atoms with Crippen LogP contribution in [0.3, 0.4) is 0 Å². The van der Waals surface area contributed by atoms with E-state index in [-0.39, 0.29) is 11.1 Å². The van der Waals surface area contributed by atoms with Gasteiger partial charge in [-0.1, -0.05) is 6.07 Å². The van der Waals surface area contributed by atoms with Crippen molar-refractivity contribution in [2.75, 3.05) is 11.4 Å². The van der Waals surface area contributed by atoms with E-state index < -0.39 is 15.8 Å². The van der Waals surface area contributed by atoms with Crippen molar-refractivity contribution in [3.8, 4) is 11.5 Å². The highest BCUT2D eigenvalue weighted by Crippen LogP contribution is 2.38. The van der Waals surface area contributed by atoms with E-state index in [1.54, 1.807) is 18.2 Å². The molecular weight excluding hydrogens is 319 g/mol. The SMILES string of the molecule is O=S1(=O)NC2CCCN2c2ccc(Oc3cccc(F)c3)cc21. The average molecular weight is 334 g/mol. The first-order valence-electron chi connectivity index (χ1n) is 7.39. The Hall–Kier alpha value is -2.12. The number of nitrogens with zero attached hydrogens (tertiary/aromatic N) is 1. The Morgan fingerprint density at radius 1 is 1.17 bits per heavy atom. The quantitative estimate of drug-likeness (QED) is 0.917. The Kier molecular flexibility index (Phi) is 3.28. The van der Waals surface area contributed by atoms with Gasteiger partial charge in [0.15, 0.2) is 0 Å². The second kappa shape index (κ2) is 5.21. The lowest BCUT2D eigenvalue weighted by molar-refractivity contribution is 0.473. The summed E-state index contributed by atoms with van der Waals surface area (Å²) in [4.78, 5) is 2.26. The van der Waals surface area contributed by atoms with Crippen LogP contribution in [0.4, 0.5) is 10.1 Å². The number of hydrogen-bond acceptors (Lipinski definition) is 4. The first kappa shape index (κ1) is 14.5. The lowest BCUT2D eigenvalue weighted by atomic mass is 10.2. The molecular formula is C16H15FN2O3S. The van der Waals surface area contributed by atoms with Crippen LogP contribution in [0, 0.1) is 5.82 Å². The Labute approximate surface area is 133 Å². The number of sulfonamides is 1. The average Bonchev–Trinajstić information content (AvgIpc) is 2.95. The van der Waals surface area contributed by atoms with Crippen molar-refractivity contribution in [2.24, 2.45) is 0 Å². The standard InChI is InChI=1S/C16H15FN2O3S/c17-11-3-1-4-12(9-11)22-13-6-7-14-15(10-13)23(20,21)18-16-5-2-8-19(14)16/h1,3-4,6-7,9-10,16,18H,2,5,8H2. The van der Waals surface area contributed by atoms with Gasteiger partial charge < -0.3 is 9.64 Å². The van der Waals surface area contributed by atoms with Gasteiger partial charge in [-0.15, -0.1) is 0 Å². The zero-order chi connectivity index (χ0) is 16.0. The van der Waals surface area contributed by atoms with E-state index in [2.05, 4.69) is 9.62 Å². The second-order valence-corrected chi connectivity index (χ2v) is 7.34. The molecule has 0 radical (unpaired) electrons. The van der Waals surface area contributed by atoms with Crippen LogP contribution in [0.25, 0.3) is 0 Å². The number of ether oxygens (including phenoxy) is 1. The van der Waals surface area contributed by atoms with Crippen LogP contribution in [0.1, 0.15) is 12.8 Å². The highest BCUT2D eigenvalue weighted by molar-refractivity contribution is 7.89. The molecule has 2 aromatic carbocycles. The monoisotopic (exact) mass is 334 g/mol. The van der Waals surface area contributed by atoms with Crippen molar-refractivity contribution < 1.29 is 17.5 Å². The Morgan fingerprint density at radius 2 is 2.00 bits per heavy atom. The van der Waals surface area contributed by atoms with Crippen LogP contribution in [-0.2, 0) is 10.0 Å². The summed E-state index contributed by atoms with van der Waals surface area (Å²) < 4.78 is 46.3. The fourth-order valence-corrected chi connectivity index (χ4v) is 4.56.